The number of carbonyl (C=O) groups is 1. The molecule has 0 aromatic rings. The molecule has 5 nitrogen and oxygen atoms in total. The molecule has 0 unspecified atom stereocenters. The van der Waals surface area contributed by atoms with Crippen LogP contribution in [0.2, 0.25) is 0 Å². The Hall–Kier alpha value is -0.650. The lowest BCUT2D eigenvalue weighted by Gasteiger charge is -2.38. The Bertz CT molecular complexity index is 252. The molecule has 0 aromatic heterocycles. The van der Waals surface area contributed by atoms with Gasteiger partial charge in [0.1, 0.15) is 0 Å². The first kappa shape index (κ1) is 11.8. The number of amides is 1. The Morgan fingerprint density at radius 1 is 1.44 bits per heavy atom. The zero-order chi connectivity index (χ0) is 11.4. The number of nitrogens with one attached hydrogen (secondary N) is 1. The summed E-state index contributed by atoms with van der Waals surface area (Å²) in [5.41, 5.74) is 0. The second-order valence-corrected chi connectivity index (χ2v) is 4.41. The number of piperidine rings is 1. The van der Waals surface area contributed by atoms with E-state index >= 15 is 0 Å². The van der Waals surface area contributed by atoms with Gasteiger partial charge in [-0.05, 0) is 13.0 Å². The predicted molar refractivity (Wildman–Crippen MR) is 59.0 cm³/mol. The molecule has 1 N–H and O–H groups in total. The van der Waals surface area contributed by atoms with Gasteiger partial charge in [0, 0.05) is 26.4 Å². The van der Waals surface area contributed by atoms with Gasteiger partial charge in [-0.2, -0.15) is 0 Å². The van der Waals surface area contributed by atoms with Gasteiger partial charge in [0.05, 0.1) is 19.8 Å². The van der Waals surface area contributed by atoms with E-state index in [2.05, 4.69) is 10.2 Å². The molecule has 2 saturated heterocycles. The van der Waals surface area contributed by atoms with E-state index in [9.17, 15) is 4.79 Å². The molecular formula is C11H20N2O3. The predicted octanol–water partition coefficient (Wildman–Crippen LogP) is -0.0386. The van der Waals surface area contributed by atoms with Crippen LogP contribution in [0.5, 0.6) is 0 Å². The van der Waals surface area contributed by atoms with Gasteiger partial charge in [-0.25, -0.2) is 0 Å². The van der Waals surface area contributed by atoms with Gasteiger partial charge in [0.2, 0.25) is 5.91 Å². The summed E-state index contributed by atoms with van der Waals surface area (Å²) in [5.74, 6) is -0.283. The minimum absolute atomic E-state index is 0.0906. The zero-order valence-electron chi connectivity index (χ0n) is 9.83. The van der Waals surface area contributed by atoms with Gasteiger partial charge in [-0.1, -0.05) is 0 Å². The van der Waals surface area contributed by atoms with E-state index in [-0.39, 0.29) is 11.7 Å². The Balaban J connectivity index is 1.80. The van der Waals surface area contributed by atoms with E-state index in [1.165, 1.54) is 0 Å². The average Bonchev–Trinajstić information content (AvgIpc) is 2.74. The smallest absolute Gasteiger partial charge is 0.221 e. The SMILES string of the molecule is CNC(=O)CCN1CCCC2(C1)OCCO2. The summed E-state index contributed by atoms with van der Waals surface area (Å²) in [6.07, 6.45) is 2.60. The average molecular weight is 228 g/mol. The monoisotopic (exact) mass is 228 g/mol. The molecule has 0 aliphatic carbocycles. The molecule has 92 valence electrons. The molecule has 2 fully saturated rings. The van der Waals surface area contributed by atoms with Crippen LogP contribution in [-0.2, 0) is 14.3 Å². The van der Waals surface area contributed by atoms with Crippen molar-refractivity contribution in [2.24, 2.45) is 0 Å². The molecule has 2 aliphatic heterocycles. The van der Waals surface area contributed by atoms with E-state index in [4.69, 9.17) is 9.47 Å². The van der Waals surface area contributed by atoms with E-state index in [0.717, 1.165) is 32.5 Å². The summed E-state index contributed by atoms with van der Waals surface area (Å²) in [6, 6.07) is 0. The number of nitrogens with zero attached hydrogens (tertiary/aromatic N) is 1. The second-order valence-electron chi connectivity index (χ2n) is 4.41. The maximum Gasteiger partial charge on any atom is 0.221 e. The van der Waals surface area contributed by atoms with Crippen LogP contribution in [0, 0.1) is 0 Å². The van der Waals surface area contributed by atoms with Gasteiger partial charge in [0.15, 0.2) is 5.79 Å². The highest BCUT2D eigenvalue weighted by molar-refractivity contribution is 5.75. The summed E-state index contributed by atoms with van der Waals surface area (Å²) in [5, 5.41) is 2.64. The number of hydrogen-bond acceptors (Lipinski definition) is 4. The van der Waals surface area contributed by atoms with Crippen molar-refractivity contribution in [1.29, 1.82) is 0 Å². The highest BCUT2D eigenvalue weighted by Crippen LogP contribution is 2.29. The van der Waals surface area contributed by atoms with Crippen LogP contribution in [0.3, 0.4) is 0 Å². The Kier molecular flexibility index (Phi) is 3.78. The number of rotatable bonds is 3. The maximum atomic E-state index is 11.2. The van der Waals surface area contributed by atoms with Gasteiger partial charge in [0.25, 0.3) is 0 Å². The van der Waals surface area contributed by atoms with Crippen LogP contribution in [0.1, 0.15) is 19.3 Å². The highest BCUT2D eigenvalue weighted by atomic mass is 16.7. The topological polar surface area (TPSA) is 50.8 Å². The fraction of sp³-hybridized carbons (Fsp3) is 0.909. The van der Waals surface area contributed by atoms with Crippen LogP contribution in [0.4, 0.5) is 0 Å². The minimum Gasteiger partial charge on any atom is -0.359 e. The summed E-state index contributed by atoms with van der Waals surface area (Å²) >= 11 is 0. The molecular weight excluding hydrogens is 208 g/mol. The lowest BCUT2D eigenvalue weighted by molar-refractivity contribution is -0.189. The van der Waals surface area contributed by atoms with Crippen LogP contribution in [0.15, 0.2) is 0 Å². The fourth-order valence-corrected chi connectivity index (χ4v) is 2.38. The van der Waals surface area contributed by atoms with Crippen molar-refractivity contribution in [2.75, 3.05) is 39.9 Å². The largest absolute Gasteiger partial charge is 0.359 e. The van der Waals surface area contributed by atoms with Crippen molar-refractivity contribution in [3.05, 3.63) is 0 Å². The number of hydrogen-bond donors (Lipinski definition) is 1. The zero-order valence-corrected chi connectivity index (χ0v) is 9.83. The molecule has 0 radical (unpaired) electrons. The quantitative estimate of drug-likeness (QED) is 0.736. The van der Waals surface area contributed by atoms with Gasteiger partial charge in [-0.3, -0.25) is 9.69 Å². The standard InChI is InChI=1S/C11H20N2O3/c1-12-10(14)3-6-13-5-2-4-11(9-13)15-7-8-16-11/h2-9H2,1H3,(H,12,14). The van der Waals surface area contributed by atoms with E-state index in [1.54, 1.807) is 7.05 Å². The van der Waals surface area contributed by atoms with Gasteiger partial charge < -0.3 is 14.8 Å². The first-order valence-electron chi connectivity index (χ1n) is 5.95. The fourth-order valence-electron chi connectivity index (χ4n) is 2.38. The summed E-state index contributed by atoms with van der Waals surface area (Å²) in [4.78, 5) is 13.4. The molecule has 0 aromatic carbocycles. The van der Waals surface area contributed by atoms with Crippen molar-refractivity contribution in [2.45, 2.75) is 25.0 Å². The summed E-state index contributed by atoms with van der Waals surface area (Å²) < 4.78 is 11.4. The van der Waals surface area contributed by atoms with E-state index in [0.29, 0.717) is 19.6 Å². The highest BCUT2D eigenvalue weighted by Gasteiger charge is 2.40. The van der Waals surface area contributed by atoms with Crippen LogP contribution < -0.4 is 5.32 Å². The lowest BCUT2D eigenvalue weighted by atomic mass is 10.0. The normalized spacial score (nSPS) is 24.8. The maximum absolute atomic E-state index is 11.2. The van der Waals surface area contributed by atoms with Crippen molar-refractivity contribution in [3.8, 4) is 0 Å². The van der Waals surface area contributed by atoms with Crippen molar-refractivity contribution < 1.29 is 14.3 Å². The van der Waals surface area contributed by atoms with Gasteiger partial charge >= 0.3 is 0 Å². The molecule has 16 heavy (non-hydrogen) atoms. The lowest BCUT2D eigenvalue weighted by Crippen LogP contribution is -2.49. The molecule has 0 bridgehead atoms. The third-order valence-corrected chi connectivity index (χ3v) is 3.24. The minimum atomic E-state index is -0.374. The molecule has 0 atom stereocenters. The van der Waals surface area contributed by atoms with E-state index in [1.807, 2.05) is 0 Å². The Morgan fingerprint density at radius 2 is 2.19 bits per heavy atom. The molecule has 2 aliphatic rings. The Morgan fingerprint density at radius 3 is 2.88 bits per heavy atom. The molecule has 1 spiro atoms. The summed E-state index contributed by atoms with van der Waals surface area (Å²) in [7, 11) is 1.67. The second kappa shape index (κ2) is 5.12. The molecule has 1 amide bonds. The van der Waals surface area contributed by atoms with E-state index < -0.39 is 0 Å². The molecule has 2 heterocycles. The Labute approximate surface area is 96.1 Å². The number of likely N-dealkylation sites (tertiary alicyclic amines) is 1. The number of ether oxygens (including phenoxy) is 2. The summed E-state index contributed by atoms with van der Waals surface area (Å²) in [6.45, 7) is 4.01. The van der Waals surface area contributed by atoms with Crippen molar-refractivity contribution >= 4 is 5.91 Å². The molecule has 0 saturated carbocycles. The van der Waals surface area contributed by atoms with Gasteiger partial charge in [-0.15, -0.1) is 0 Å². The van der Waals surface area contributed by atoms with Crippen molar-refractivity contribution in [3.63, 3.8) is 0 Å². The number of carbonyl (C=O) groups excluding carboxylic acids is 1. The third kappa shape index (κ3) is 2.72. The first-order chi connectivity index (χ1) is 7.74. The van der Waals surface area contributed by atoms with Crippen LogP contribution in [0.25, 0.3) is 0 Å². The van der Waals surface area contributed by atoms with Crippen molar-refractivity contribution in [1.82, 2.24) is 10.2 Å². The third-order valence-electron chi connectivity index (χ3n) is 3.24. The van der Waals surface area contributed by atoms with Crippen LogP contribution in [-0.4, -0.2) is 56.5 Å². The molecule has 2 rings (SSSR count). The molecule has 5 heteroatoms. The first-order valence-corrected chi connectivity index (χ1v) is 5.95. The van der Waals surface area contributed by atoms with Crippen LogP contribution >= 0.6 is 0 Å².